The van der Waals surface area contributed by atoms with Gasteiger partial charge in [-0.15, -0.1) is 0 Å². The number of hydrogen-bond acceptors (Lipinski definition) is 7. The van der Waals surface area contributed by atoms with Crippen LogP contribution >= 0.6 is 0 Å². The summed E-state index contributed by atoms with van der Waals surface area (Å²) in [6, 6.07) is 4.34. The van der Waals surface area contributed by atoms with Crippen LogP contribution in [0.4, 0.5) is 9.18 Å². The van der Waals surface area contributed by atoms with E-state index in [-0.39, 0.29) is 11.6 Å². The second-order valence-corrected chi connectivity index (χ2v) is 7.13. The van der Waals surface area contributed by atoms with Gasteiger partial charge in [0.25, 0.3) is 0 Å². The number of amides is 1. The van der Waals surface area contributed by atoms with Crippen LogP contribution in [0.15, 0.2) is 30.6 Å². The fraction of sp³-hybridized carbons (Fsp3) is 0.263. The Balaban J connectivity index is 1.70. The molecule has 0 saturated heterocycles. The fourth-order valence-corrected chi connectivity index (χ4v) is 2.98. The van der Waals surface area contributed by atoms with Gasteiger partial charge in [0, 0.05) is 18.6 Å². The van der Waals surface area contributed by atoms with Gasteiger partial charge in [-0.05, 0) is 25.1 Å². The van der Waals surface area contributed by atoms with E-state index in [4.69, 9.17) is 4.74 Å². The van der Waals surface area contributed by atoms with E-state index in [1.165, 1.54) is 31.5 Å². The van der Waals surface area contributed by atoms with Crippen LogP contribution < -0.4 is 10.1 Å². The van der Waals surface area contributed by atoms with Crippen LogP contribution in [0.2, 0.25) is 0 Å². The van der Waals surface area contributed by atoms with Gasteiger partial charge in [-0.2, -0.15) is 5.10 Å². The van der Waals surface area contributed by atoms with Crippen LogP contribution in [-0.2, 0) is 7.05 Å². The van der Waals surface area contributed by atoms with Gasteiger partial charge in [-0.3, -0.25) is 4.68 Å². The van der Waals surface area contributed by atoms with Crippen LogP contribution in [-0.4, -0.2) is 59.8 Å². The van der Waals surface area contributed by atoms with Crippen molar-refractivity contribution in [3.8, 4) is 17.1 Å². The number of aliphatic hydroxyl groups excluding tert-OH is 2. The number of H-pyrrole nitrogens is 1. The van der Waals surface area contributed by atoms with Gasteiger partial charge >= 0.3 is 6.09 Å². The first kappa shape index (κ1) is 19.7. The zero-order chi connectivity index (χ0) is 21.5. The summed E-state index contributed by atoms with van der Waals surface area (Å²) in [6.07, 6.45) is 2.07. The highest BCUT2D eigenvalue weighted by Gasteiger charge is 2.26. The van der Waals surface area contributed by atoms with Crippen LogP contribution in [0.1, 0.15) is 6.92 Å². The number of nitrogens with one attached hydrogen (secondary N) is 2. The fourth-order valence-electron chi connectivity index (χ4n) is 2.98. The van der Waals surface area contributed by atoms with Crippen LogP contribution in [0.5, 0.6) is 5.75 Å². The number of aromatic nitrogens is 5. The number of aliphatic hydroxyl groups is 2. The van der Waals surface area contributed by atoms with Gasteiger partial charge in [0.1, 0.15) is 17.2 Å². The van der Waals surface area contributed by atoms with E-state index in [0.717, 1.165) is 0 Å². The zero-order valence-corrected chi connectivity index (χ0v) is 16.2. The summed E-state index contributed by atoms with van der Waals surface area (Å²) in [5, 5.41) is 26.1. The molecular formula is C19H19FN6O4. The monoisotopic (exact) mass is 414 g/mol. The molecule has 0 fully saturated rings. The summed E-state index contributed by atoms with van der Waals surface area (Å²) in [4.78, 5) is 23.9. The van der Waals surface area contributed by atoms with Gasteiger partial charge < -0.3 is 25.3 Å². The lowest BCUT2D eigenvalue weighted by Gasteiger charge is -2.25. The van der Waals surface area contributed by atoms with Crippen molar-refractivity contribution >= 4 is 28.2 Å². The third-order valence-corrected chi connectivity index (χ3v) is 4.71. The highest BCUT2D eigenvalue weighted by molar-refractivity contribution is 5.93. The van der Waals surface area contributed by atoms with Crippen molar-refractivity contribution in [1.82, 2.24) is 30.0 Å². The van der Waals surface area contributed by atoms with E-state index in [0.29, 0.717) is 33.5 Å². The molecule has 0 spiro atoms. The largest absolute Gasteiger partial charge is 0.413 e. The van der Waals surface area contributed by atoms with E-state index in [2.05, 4.69) is 25.4 Å². The number of ether oxygens (including phenoxy) is 1. The Morgan fingerprint density at radius 1 is 1.37 bits per heavy atom. The Kier molecular flexibility index (Phi) is 4.84. The van der Waals surface area contributed by atoms with E-state index in [1.807, 2.05) is 0 Å². The molecule has 3 aromatic heterocycles. The van der Waals surface area contributed by atoms with Gasteiger partial charge in [0.15, 0.2) is 16.9 Å². The average molecular weight is 414 g/mol. The number of hydrogen-bond donors (Lipinski definition) is 4. The summed E-state index contributed by atoms with van der Waals surface area (Å²) < 4.78 is 20.4. The van der Waals surface area contributed by atoms with Gasteiger partial charge in [0.05, 0.1) is 30.5 Å². The Bertz CT molecular complexity index is 1250. The molecule has 11 heteroatoms. The van der Waals surface area contributed by atoms with Gasteiger partial charge in [-0.1, -0.05) is 0 Å². The minimum atomic E-state index is -1.23. The molecule has 0 aliphatic rings. The van der Waals surface area contributed by atoms with E-state index in [9.17, 15) is 19.4 Å². The summed E-state index contributed by atoms with van der Waals surface area (Å²) in [6.45, 7) is 0.532. The molecule has 0 bridgehead atoms. The predicted octanol–water partition coefficient (Wildman–Crippen LogP) is 1.48. The minimum Gasteiger partial charge on any atom is -0.406 e. The number of carbonyl (C=O) groups excluding carboxylic acids is 1. The maximum absolute atomic E-state index is 13.6. The molecule has 0 unspecified atom stereocenters. The average Bonchev–Trinajstić information content (AvgIpc) is 3.28. The van der Waals surface area contributed by atoms with Crippen molar-refractivity contribution in [3.63, 3.8) is 0 Å². The molecule has 4 aromatic rings. The number of carbonyl (C=O) groups is 1. The molecule has 4 N–H and O–H groups in total. The van der Waals surface area contributed by atoms with Crippen molar-refractivity contribution in [3.05, 3.63) is 36.4 Å². The number of benzene rings is 1. The maximum atomic E-state index is 13.6. The molecule has 0 radical (unpaired) electrons. The quantitative estimate of drug-likeness (QED) is 0.388. The van der Waals surface area contributed by atoms with E-state index in [1.54, 1.807) is 17.8 Å². The van der Waals surface area contributed by atoms with E-state index >= 15 is 0 Å². The van der Waals surface area contributed by atoms with E-state index < -0.39 is 24.8 Å². The third kappa shape index (κ3) is 3.44. The Morgan fingerprint density at radius 2 is 2.13 bits per heavy atom. The topological polar surface area (TPSA) is 138 Å². The first-order valence-electron chi connectivity index (χ1n) is 9.02. The first-order chi connectivity index (χ1) is 14.3. The number of fused-ring (bicyclic) bond motifs is 2. The van der Waals surface area contributed by atoms with Gasteiger partial charge in [0.2, 0.25) is 0 Å². The van der Waals surface area contributed by atoms with Crippen LogP contribution in [0, 0.1) is 5.82 Å². The molecule has 1 amide bonds. The highest BCUT2D eigenvalue weighted by atomic mass is 19.1. The molecule has 30 heavy (non-hydrogen) atoms. The molecule has 156 valence electrons. The lowest BCUT2D eigenvalue weighted by Crippen LogP contribution is -2.52. The predicted molar refractivity (Wildman–Crippen MR) is 105 cm³/mol. The number of nitrogens with zero attached hydrogens (tertiary/aromatic N) is 4. The van der Waals surface area contributed by atoms with Crippen LogP contribution in [0.3, 0.4) is 0 Å². The Morgan fingerprint density at radius 3 is 2.87 bits per heavy atom. The molecule has 0 aliphatic carbocycles. The van der Waals surface area contributed by atoms with Crippen molar-refractivity contribution < 1.29 is 24.1 Å². The van der Waals surface area contributed by atoms with Gasteiger partial charge in [-0.25, -0.2) is 19.2 Å². The van der Waals surface area contributed by atoms with Crippen molar-refractivity contribution in [2.75, 3.05) is 13.2 Å². The zero-order valence-electron chi connectivity index (χ0n) is 16.2. The summed E-state index contributed by atoms with van der Waals surface area (Å²) >= 11 is 0. The second kappa shape index (κ2) is 7.35. The number of rotatable bonds is 5. The molecule has 0 atom stereocenters. The van der Waals surface area contributed by atoms with Crippen molar-refractivity contribution in [2.45, 2.75) is 12.5 Å². The SMILES string of the molecule is Cn1nc(-c2cnc3[nH]cc(OC(=O)NC(C)(CO)CO)c3n2)c2ccc(F)cc21. The Hall–Kier alpha value is -3.57. The minimum absolute atomic E-state index is 0.112. The molecule has 4 rings (SSSR count). The van der Waals surface area contributed by atoms with Crippen molar-refractivity contribution in [2.24, 2.45) is 7.05 Å². The summed E-state index contributed by atoms with van der Waals surface area (Å²) in [5.41, 5.74) is 0.969. The number of halogens is 1. The lowest BCUT2D eigenvalue weighted by atomic mass is 10.1. The standard InChI is InChI=1S/C19H19FN6O4/c1-19(8-27,9-28)24-18(29)30-14-7-22-17-16(14)23-12(6-21-17)15-11-4-3-10(20)5-13(11)26(2)25-15/h3-7,27-28H,8-9H2,1-2H3,(H,21,22)(H,24,29). The smallest absolute Gasteiger partial charge is 0.406 e. The lowest BCUT2D eigenvalue weighted by molar-refractivity contribution is 0.0999. The molecule has 0 aliphatic heterocycles. The van der Waals surface area contributed by atoms with Crippen molar-refractivity contribution in [1.29, 1.82) is 0 Å². The second-order valence-electron chi connectivity index (χ2n) is 7.13. The maximum Gasteiger partial charge on any atom is 0.413 e. The normalized spacial score (nSPS) is 11.9. The van der Waals surface area contributed by atoms with Crippen LogP contribution in [0.25, 0.3) is 33.5 Å². The molecule has 1 aromatic carbocycles. The summed E-state index contributed by atoms with van der Waals surface area (Å²) in [5.74, 6) is -0.259. The first-order valence-corrected chi connectivity index (χ1v) is 9.02. The molecule has 0 saturated carbocycles. The third-order valence-electron chi connectivity index (χ3n) is 4.71. The number of aromatic amines is 1. The molecule has 10 nitrogen and oxygen atoms in total. The highest BCUT2D eigenvalue weighted by Crippen LogP contribution is 2.29. The molecule has 3 heterocycles. The summed E-state index contributed by atoms with van der Waals surface area (Å²) in [7, 11) is 1.70. The Labute approximate surface area is 169 Å². The number of aryl methyl sites for hydroxylation is 1. The molecular weight excluding hydrogens is 395 g/mol.